The van der Waals surface area contributed by atoms with Gasteiger partial charge in [0.1, 0.15) is 13.2 Å². The van der Waals surface area contributed by atoms with Crippen molar-refractivity contribution in [3.05, 3.63) is 158 Å². The lowest BCUT2D eigenvalue weighted by Gasteiger charge is -2.18. The molecule has 0 aromatic rings. The molecule has 0 saturated carbocycles. The van der Waals surface area contributed by atoms with E-state index in [-0.39, 0.29) is 31.6 Å². The fourth-order valence-electron chi connectivity index (χ4n) is 6.43. The van der Waals surface area contributed by atoms with E-state index in [2.05, 4.69) is 167 Å². The van der Waals surface area contributed by atoms with Crippen molar-refractivity contribution in [2.45, 2.75) is 200 Å². The summed E-state index contributed by atoms with van der Waals surface area (Å²) in [5.41, 5.74) is 0. The van der Waals surface area contributed by atoms with E-state index in [0.717, 1.165) is 128 Å². The molecule has 0 aromatic carbocycles. The van der Waals surface area contributed by atoms with Crippen molar-refractivity contribution in [1.29, 1.82) is 0 Å². The second kappa shape index (κ2) is 54.6. The Labute approximate surface area is 416 Å². The van der Waals surface area contributed by atoms with Crippen molar-refractivity contribution in [2.24, 2.45) is 0 Å². The minimum Gasteiger partial charge on any atom is -0.462 e. The van der Waals surface area contributed by atoms with Crippen LogP contribution >= 0.6 is 0 Å². The van der Waals surface area contributed by atoms with E-state index >= 15 is 0 Å². The Balaban J connectivity index is 4.64. The predicted molar refractivity (Wildman–Crippen MR) is 292 cm³/mol. The monoisotopic (exact) mass is 935 g/mol. The highest BCUT2D eigenvalue weighted by atomic mass is 16.6. The van der Waals surface area contributed by atoms with Gasteiger partial charge < -0.3 is 14.2 Å². The van der Waals surface area contributed by atoms with Gasteiger partial charge in [0.15, 0.2) is 6.10 Å². The number of ether oxygens (including phenoxy) is 3. The third-order valence-electron chi connectivity index (χ3n) is 10.4. The Hall–Kier alpha value is -4.97. The molecule has 0 N–H and O–H groups in total. The van der Waals surface area contributed by atoms with E-state index in [1.807, 2.05) is 12.2 Å². The maximum absolute atomic E-state index is 12.8. The lowest BCUT2D eigenvalue weighted by atomic mass is 10.1. The predicted octanol–water partition coefficient (Wildman–Crippen LogP) is 17.8. The highest BCUT2D eigenvalue weighted by molar-refractivity contribution is 5.71. The third kappa shape index (κ3) is 52.0. The molecule has 0 saturated heterocycles. The summed E-state index contributed by atoms with van der Waals surface area (Å²) in [7, 11) is 0. The van der Waals surface area contributed by atoms with Gasteiger partial charge in [0, 0.05) is 19.3 Å². The Bertz CT molecular complexity index is 1590. The molecule has 0 radical (unpaired) electrons. The molecular weight excluding hydrogens is 841 g/mol. The van der Waals surface area contributed by atoms with Gasteiger partial charge in [-0.25, -0.2) is 0 Å². The number of hydrogen-bond donors (Lipinski definition) is 0. The van der Waals surface area contributed by atoms with Crippen LogP contribution in [0.4, 0.5) is 0 Å². The van der Waals surface area contributed by atoms with E-state index < -0.39 is 12.1 Å². The zero-order valence-electron chi connectivity index (χ0n) is 43.0. The summed E-state index contributed by atoms with van der Waals surface area (Å²) in [6.45, 7) is 6.23. The first-order chi connectivity index (χ1) is 33.5. The molecular formula is C62H94O6. The van der Waals surface area contributed by atoms with Crippen molar-refractivity contribution in [3.63, 3.8) is 0 Å². The van der Waals surface area contributed by atoms with E-state index in [9.17, 15) is 14.4 Å². The van der Waals surface area contributed by atoms with Crippen LogP contribution in [0.2, 0.25) is 0 Å². The van der Waals surface area contributed by atoms with Gasteiger partial charge in [0.05, 0.1) is 0 Å². The van der Waals surface area contributed by atoms with Crippen molar-refractivity contribution in [3.8, 4) is 0 Å². The lowest BCUT2D eigenvalue weighted by molar-refractivity contribution is -0.166. The molecule has 1 unspecified atom stereocenters. The standard InChI is InChI=1S/C62H94O6/c1-4-7-10-13-16-19-22-25-28-31-32-35-37-40-43-46-49-52-55-61(64)67-58-59(68-62(65)56-53-50-47-44-41-38-34-30-27-24-21-18-15-12-9-6-3)57-66-60(63)54-51-48-45-42-39-36-33-29-26-23-20-17-14-11-8-5-2/h8-9,11-12,16-22,25-32,35-36,38-39,41,47,50,59H,4-7,10,13-15,23-24,33-34,37,40,42-46,48-49,51-58H2,1-3H3/b11-8-,12-9-,19-16-,20-17-,21-18-,25-22-,29-26-,30-27-,31-28-,35-32-,39-36-,41-38-,50-47-. The van der Waals surface area contributed by atoms with Gasteiger partial charge >= 0.3 is 17.9 Å². The molecule has 0 aliphatic heterocycles. The smallest absolute Gasteiger partial charge is 0.306 e. The molecule has 0 fully saturated rings. The average molecular weight is 935 g/mol. The van der Waals surface area contributed by atoms with Gasteiger partial charge in [0.25, 0.3) is 0 Å². The Morgan fingerprint density at radius 1 is 0.324 bits per heavy atom. The van der Waals surface area contributed by atoms with E-state index in [1.165, 1.54) is 19.3 Å². The van der Waals surface area contributed by atoms with Crippen LogP contribution in [0.1, 0.15) is 194 Å². The van der Waals surface area contributed by atoms with Gasteiger partial charge in [-0.05, 0) is 116 Å². The Morgan fingerprint density at radius 2 is 0.662 bits per heavy atom. The van der Waals surface area contributed by atoms with Crippen molar-refractivity contribution >= 4 is 17.9 Å². The van der Waals surface area contributed by atoms with E-state index in [0.29, 0.717) is 19.3 Å². The maximum Gasteiger partial charge on any atom is 0.306 e. The zero-order valence-corrected chi connectivity index (χ0v) is 43.0. The quantitative estimate of drug-likeness (QED) is 0.0199. The van der Waals surface area contributed by atoms with Crippen LogP contribution in [-0.2, 0) is 28.6 Å². The van der Waals surface area contributed by atoms with Crippen molar-refractivity contribution in [2.75, 3.05) is 13.2 Å². The molecule has 68 heavy (non-hydrogen) atoms. The lowest BCUT2D eigenvalue weighted by Crippen LogP contribution is -2.30. The van der Waals surface area contributed by atoms with Crippen LogP contribution in [0, 0.1) is 0 Å². The number of allylic oxidation sites excluding steroid dienone is 26. The maximum atomic E-state index is 12.8. The number of esters is 3. The number of unbranched alkanes of at least 4 members (excludes halogenated alkanes) is 11. The van der Waals surface area contributed by atoms with Crippen LogP contribution in [0.3, 0.4) is 0 Å². The van der Waals surface area contributed by atoms with Crippen molar-refractivity contribution < 1.29 is 28.6 Å². The molecule has 0 spiro atoms. The van der Waals surface area contributed by atoms with Gasteiger partial charge in [0.2, 0.25) is 0 Å². The molecule has 0 heterocycles. The summed E-state index contributed by atoms with van der Waals surface area (Å²) in [4.78, 5) is 38.0. The molecule has 1 atom stereocenters. The van der Waals surface area contributed by atoms with Crippen molar-refractivity contribution in [1.82, 2.24) is 0 Å². The highest BCUT2D eigenvalue weighted by Crippen LogP contribution is 2.11. The second-order valence-electron chi connectivity index (χ2n) is 16.8. The minimum absolute atomic E-state index is 0.138. The second-order valence-corrected chi connectivity index (χ2v) is 16.8. The summed E-state index contributed by atoms with van der Waals surface area (Å²) in [5.74, 6) is -1.09. The Morgan fingerprint density at radius 3 is 1.10 bits per heavy atom. The van der Waals surface area contributed by atoms with Gasteiger partial charge in [-0.2, -0.15) is 0 Å². The molecule has 0 aromatic heterocycles. The van der Waals surface area contributed by atoms with Crippen LogP contribution in [0.5, 0.6) is 0 Å². The number of carbonyl (C=O) groups excluding carboxylic acids is 3. The SMILES string of the molecule is CC/C=C\C/C=C\C/C=C\C/C=C\C/C=C\CCC(=O)OC(COC(=O)CCCCC/C=C\C/C=C\C/C=C\C/C=C\CC)COC(=O)CCCCCCC\C=C/C=C\C=C/C=C\CCCCC. The molecule has 0 aliphatic rings. The summed E-state index contributed by atoms with van der Waals surface area (Å²) >= 11 is 0. The van der Waals surface area contributed by atoms with Crippen LogP contribution < -0.4 is 0 Å². The summed E-state index contributed by atoms with van der Waals surface area (Å²) < 4.78 is 16.7. The number of hydrogen-bond acceptors (Lipinski definition) is 6. The number of carbonyl (C=O) groups is 3. The van der Waals surface area contributed by atoms with Gasteiger partial charge in [-0.3, -0.25) is 14.4 Å². The molecule has 0 bridgehead atoms. The largest absolute Gasteiger partial charge is 0.462 e. The van der Waals surface area contributed by atoms with Crippen LogP contribution in [0.15, 0.2) is 158 Å². The van der Waals surface area contributed by atoms with E-state index in [4.69, 9.17) is 14.2 Å². The Kier molecular flexibility index (Phi) is 50.6. The molecule has 0 rings (SSSR count). The molecule has 0 aliphatic carbocycles. The molecule has 378 valence electrons. The molecule has 6 heteroatoms. The zero-order chi connectivity index (χ0) is 49.3. The third-order valence-corrected chi connectivity index (χ3v) is 10.4. The summed E-state index contributed by atoms with van der Waals surface area (Å²) in [5, 5.41) is 0. The highest BCUT2D eigenvalue weighted by Gasteiger charge is 2.19. The van der Waals surface area contributed by atoms with Gasteiger partial charge in [-0.1, -0.05) is 217 Å². The molecule has 6 nitrogen and oxygen atoms in total. The average Bonchev–Trinajstić information content (AvgIpc) is 3.34. The van der Waals surface area contributed by atoms with Gasteiger partial charge in [-0.15, -0.1) is 0 Å². The number of rotatable bonds is 45. The summed E-state index contributed by atoms with van der Waals surface area (Å²) in [6, 6.07) is 0. The summed E-state index contributed by atoms with van der Waals surface area (Å²) in [6.07, 6.45) is 79.5. The molecule has 0 amide bonds. The van der Waals surface area contributed by atoms with Crippen LogP contribution in [-0.4, -0.2) is 37.2 Å². The van der Waals surface area contributed by atoms with E-state index in [1.54, 1.807) is 0 Å². The normalized spacial score (nSPS) is 13.4. The fourth-order valence-corrected chi connectivity index (χ4v) is 6.43. The van der Waals surface area contributed by atoms with Crippen LogP contribution in [0.25, 0.3) is 0 Å². The topological polar surface area (TPSA) is 78.9 Å². The fraction of sp³-hybridized carbons (Fsp3) is 0.532. The first-order valence-electron chi connectivity index (χ1n) is 26.5. The first kappa shape index (κ1) is 63.0. The first-order valence-corrected chi connectivity index (χ1v) is 26.5. The minimum atomic E-state index is -0.849.